The van der Waals surface area contributed by atoms with E-state index in [1.807, 2.05) is 48.0 Å². The standard InChI is InChI=1S/C16H16N2O3/c1-12-4-2-3-7-18(12)11-16(19)17-13-5-6-14-15(10-13)21-9-8-20-14/h2-7,10H,8-9,11H2,1H3/p+1. The third kappa shape index (κ3) is 3.13. The summed E-state index contributed by atoms with van der Waals surface area (Å²) in [4.78, 5) is 12.1. The van der Waals surface area contributed by atoms with E-state index >= 15 is 0 Å². The van der Waals surface area contributed by atoms with E-state index in [2.05, 4.69) is 5.32 Å². The van der Waals surface area contributed by atoms with Gasteiger partial charge in [-0.25, -0.2) is 0 Å². The molecule has 3 rings (SSSR count). The van der Waals surface area contributed by atoms with Crippen LogP contribution in [0.25, 0.3) is 0 Å². The number of rotatable bonds is 3. The van der Waals surface area contributed by atoms with Gasteiger partial charge in [-0.2, -0.15) is 4.57 Å². The topological polar surface area (TPSA) is 51.4 Å². The van der Waals surface area contributed by atoms with Gasteiger partial charge in [0.15, 0.2) is 23.4 Å². The molecule has 0 fully saturated rings. The molecule has 0 unspecified atom stereocenters. The Morgan fingerprint density at radius 1 is 1.19 bits per heavy atom. The number of benzene rings is 1. The molecule has 1 aromatic heterocycles. The summed E-state index contributed by atoms with van der Waals surface area (Å²) in [6.07, 6.45) is 1.89. The molecule has 1 aromatic carbocycles. The second-order valence-electron chi connectivity index (χ2n) is 4.88. The highest BCUT2D eigenvalue weighted by Gasteiger charge is 2.15. The lowest BCUT2D eigenvalue weighted by molar-refractivity contribution is -0.690. The minimum atomic E-state index is -0.0778. The van der Waals surface area contributed by atoms with Crippen molar-refractivity contribution >= 4 is 11.6 Å². The lowest BCUT2D eigenvalue weighted by atomic mass is 10.2. The molecule has 0 bridgehead atoms. The predicted octanol–water partition coefficient (Wildman–Crippen LogP) is 1.69. The lowest BCUT2D eigenvalue weighted by Gasteiger charge is -2.18. The molecule has 0 aliphatic carbocycles. The van der Waals surface area contributed by atoms with Gasteiger partial charge in [-0.3, -0.25) is 4.79 Å². The summed E-state index contributed by atoms with van der Waals surface area (Å²) in [7, 11) is 0. The lowest BCUT2D eigenvalue weighted by Crippen LogP contribution is -2.42. The quantitative estimate of drug-likeness (QED) is 0.873. The van der Waals surface area contributed by atoms with Gasteiger partial charge in [0.2, 0.25) is 6.54 Å². The van der Waals surface area contributed by atoms with Crippen molar-refractivity contribution in [3.05, 3.63) is 48.3 Å². The molecule has 1 amide bonds. The molecule has 2 heterocycles. The molecular formula is C16H17N2O3+. The Morgan fingerprint density at radius 3 is 2.81 bits per heavy atom. The van der Waals surface area contributed by atoms with Crippen LogP contribution in [0.3, 0.4) is 0 Å². The Kier molecular flexibility index (Phi) is 3.73. The largest absolute Gasteiger partial charge is 0.486 e. The molecular weight excluding hydrogens is 268 g/mol. The normalized spacial score (nSPS) is 12.8. The van der Waals surface area contributed by atoms with Crippen LogP contribution in [0, 0.1) is 6.92 Å². The van der Waals surface area contributed by atoms with Gasteiger partial charge in [0.25, 0.3) is 5.91 Å². The fourth-order valence-corrected chi connectivity index (χ4v) is 2.22. The van der Waals surface area contributed by atoms with Crippen molar-refractivity contribution in [2.24, 2.45) is 0 Å². The van der Waals surface area contributed by atoms with E-state index in [1.165, 1.54) is 0 Å². The van der Waals surface area contributed by atoms with E-state index in [1.54, 1.807) is 6.07 Å². The summed E-state index contributed by atoms with van der Waals surface area (Å²) in [6.45, 7) is 3.34. The zero-order valence-electron chi connectivity index (χ0n) is 11.8. The molecule has 0 spiro atoms. The molecule has 21 heavy (non-hydrogen) atoms. The molecule has 1 aliphatic heterocycles. The summed E-state index contributed by atoms with van der Waals surface area (Å²) >= 11 is 0. The molecule has 5 heteroatoms. The van der Waals surface area contributed by atoms with Crippen LogP contribution in [-0.4, -0.2) is 19.1 Å². The first kappa shape index (κ1) is 13.4. The first-order chi connectivity index (χ1) is 10.2. The molecule has 108 valence electrons. The number of aryl methyl sites for hydroxylation is 1. The summed E-state index contributed by atoms with van der Waals surface area (Å²) in [5.41, 5.74) is 1.74. The molecule has 2 aromatic rings. The number of fused-ring (bicyclic) bond motifs is 1. The number of ether oxygens (including phenoxy) is 2. The first-order valence-corrected chi connectivity index (χ1v) is 6.87. The highest BCUT2D eigenvalue weighted by atomic mass is 16.6. The molecule has 0 atom stereocenters. The van der Waals surface area contributed by atoms with Crippen molar-refractivity contribution in [1.29, 1.82) is 0 Å². The molecule has 1 aliphatic rings. The third-order valence-electron chi connectivity index (χ3n) is 3.31. The van der Waals surface area contributed by atoms with Crippen molar-refractivity contribution in [2.75, 3.05) is 18.5 Å². The van der Waals surface area contributed by atoms with E-state index in [0.29, 0.717) is 30.4 Å². The predicted molar refractivity (Wildman–Crippen MR) is 77.4 cm³/mol. The zero-order chi connectivity index (χ0) is 14.7. The van der Waals surface area contributed by atoms with Gasteiger partial charge in [0.05, 0.1) is 0 Å². The number of nitrogens with one attached hydrogen (secondary N) is 1. The van der Waals surface area contributed by atoms with Gasteiger partial charge in [-0.1, -0.05) is 6.07 Å². The molecule has 5 nitrogen and oxygen atoms in total. The SMILES string of the molecule is Cc1cccc[n+]1CC(=O)Nc1ccc2c(c1)OCCO2. The van der Waals surface area contributed by atoms with Crippen molar-refractivity contribution in [3.8, 4) is 11.5 Å². The average molecular weight is 285 g/mol. The average Bonchev–Trinajstić information content (AvgIpc) is 2.49. The van der Waals surface area contributed by atoms with Crippen LogP contribution in [0.4, 0.5) is 5.69 Å². The summed E-state index contributed by atoms with van der Waals surface area (Å²) in [5, 5.41) is 2.87. The Hall–Kier alpha value is -2.56. The second kappa shape index (κ2) is 5.83. The van der Waals surface area contributed by atoms with E-state index in [4.69, 9.17) is 9.47 Å². The number of nitrogens with zero attached hydrogens (tertiary/aromatic N) is 1. The van der Waals surface area contributed by atoms with Crippen LogP contribution in [-0.2, 0) is 11.3 Å². The smallest absolute Gasteiger partial charge is 0.290 e. The maximum absolute atomic E-state index is 12.1. The van der Waals surface area contributed by atoms with Crippen LogP contribution in [0.5, 0.6) is 11.5 Å². The highest BCUT2D eigenvalue weighted by Crippen LogP contribution is 2.32. The maximum Gasteiger partial charge on any atom is 0.290 e. The van der Waals surface area contributed by atoms with Gasteiger partial charge in [0, 0.05) is 30.8 Å². The fourth-order valence-electron chi connectivity index (χ4n) is 2.22. The number of hydrogen-bond donors (Lipinski definition) is 1. The van der Waals surface area contributed by atoms with Crippen LogP contribution < -0.4 is 19.4 Å². The van der Waals surface area contributed by atoms with Crippen LogP contribution in [0.15, 0.2) is 42.6 Å². The fraction of sp³-hybridized carbons (Fsp3) is 0.250. The highest BCUT2D eigenvalue weighted by molar-refractivity contribution is 5.90. The Bertz CT molecular complexity index is 670. The van der Waals surface area contributed by atoms with Crippen molar-refractivity contribution in [2.45, 2.75) is 13.5 Å². The number of hydrogen-bond acceptors (Lipinski definition) is 3. The van der Waals surface area contributed by atoms with Gasteiger partial charge < -0.3 is 14.8 Å². The monoisotopic (exact) mass is 285 g/mol. The summed E-state index contributed by atoms with van der Waals surface area (Å²) in [5.74, 6) is 1.31. The van der Waals surface area contributed by atoms with Gasteiger partial charge in [-0.05, 0) is 12.1 Å². The van der Waals surface area contributed by atoms with Gasteiger partial charge in [-0.15, -0.1) is 0 Å². The Morgan fingerprint density at radius 2 is 2.00 bits per heavy atom. The number of carbonyl (C=O) groups excluding carboxylic acids is 1. The molecule has 0 radical (unpaired) electrons. The third-order valence-corrected chi connectivity index (χ3v) is 3.31. The number of aromatic nitrogens is 1. The Labute approximate surface area is 123 Å². The number of anilines is 1. The second-order valence-corrected chi connectivity index (χ2v) is 4.88. The van der Waals surface area contributed by atoms with E-state index < -0.39 is 0 Å². The summed E-state index contributed by atoms with van der Waals surface area (Å²) in [6, 6.07) is 11.2. The first-order valence-electron chi connectivity index (χ1n) is 6.87. The maximum atomic E-state index is 12.1. The minimum Gasteiger partial charge on any atom is -0.486 e. The minimum absolute atomic E-state index is 0.0778. The molecule has 1 N–H and O–H groups in total. The zero-order valence-corrected chi connectivity index (χ0v) is 11.8. The molecule has 0 saturated heterocycles. The van der Waals surface area contributed by atoms with E-state index in [-0.39, 0.29) is 12.5 Å². The van der Waals surface area contributed by atoms with E-state index in [0.717, 1.165) is 5.69 Å². The van der Waals surface area contributed by atoms with Crippen LogP contribution in [0.1, 0.15) is 5.69 Å². The van der Waals surface area contributed by atoms with Gasteiger partial charge >= 0.3 is 0 Å². The van der Waals surface area contributed by atoms with Crippen molar-refractivity contribution in [3.63, 3.8) is 0 Å². The number of carbonyl (C=O) groups is 1. The van der Waals surface area contributed by atoms with Crippen LogP contribution in [0.2, 0.25) is 0 Å². The molecule has 0 saturated carbocycles. The van der Waals surface area contributed by atoms with Crippen molar-refractivity contribution < 1.29 is 18.8 Å². The summed E-state index contributed by atoms with van der Waals surface area (Å²) < 4.78 is 12.9. The Balaban J connectivity index is 1.69. The number of pyridine rings is 1. The van der Waals surface area contributed by atoms with E-state index in [9.17, 15) is 4.79 Å². The van der Waals surface area contributed by atoms with Crippen LogP contribution >= 0.6 is 0 Å². The van der Waals surface area contributed by atoms with Gasteiger partial charge in [0.1, 0.15) is 13.2 Å². The van der Waals surface area contributed by atoms with Crippen molar-refractivity contribution in [1.82, 2.24) is 0 Å². The number of amides is 1.